The molecule has 5 nitrogen and oxygen atoms in total. The number of benzene rings is 1. The van der Waals surface area contributed by atoms with Crippen LogP contribution in [0.5, 0.6) is 0 Å². The van der Waals surface area contributed by atoms with Crippen LogP contribution in [-0.4, -0.2) is 22.0 Å². The summed E-state index contributed by atoms with van der Waals surface area (Å²) in [4.78, 5) is 17.5. The number of carbonyl (C=O) groups is 1. The van der Waals surface area contributed by atoms with Crippen molar-refractivity contribution >= 4 is 44.8 Å². The molecule has 0 bridgehead atoms. The first-order valence-corrected chi connectivity index (χ1v) is 9.99. The molecule has 3 rings (SSSR count). The molecule has 1 aromatic carbocycles. The molecule has 3 N–H and O–H groups in total. The summed E-state index contributed by atoms with van der Waals surface area (Å²) < 4.78 is 1.18. The highest BCUT2D eigenvalue weighted by atomic mass is 32.1. The minimum atomic E-state index is -0.0661. The lowest BCUT2D eigenvalue weighted by atomic mass is 9.79. The van der Waals surface area contributed by atoms with E-state index in [9.17, 15) is 4.79 Å². The number of hydrogen-bond donors (Lipinski definition) is 3. The second-order valence-electron chi connectivity index (χ2n) is 6.76. The topological polar surface area (TPSA) is 66.0 Å². The monoisotopic (exact) mass is 376 g/mol. The number of amides is 1. The Morgan fingerprint density at radius 2 is 2.00 bits per heavy atom. The van der Waals surface area contributed by atoms with Crippen molar-refractivity contribution < 1.29 is 4.79 Å². The quantitative estimate of drug-likeness (QED) is 0.565. The Bertz CT molecular complexity index is 725. The summed E-state index contributed by atoms with van der Waals surface area (Å²) >= 11 is 6.88. The van der Waals surface area contributed by atoms with E-state index in [1.165, 1.54) is 4.70 Å². The van der Waals surface area contributed by atoms with E-state index in [2.05, 4.69) is 22.2 Å². The maximum atomic E-state index is 12.7. The van der Waals surface area contributed by atoms with Gasteiger partial charge in [-0.1, -0.05) is 25.0 Å². The standard InChI is InChI=1S/C18H24N4OS2/c1-11(2)19-18(24)22-21-16(23)12-7-3-4-8-13(12)17-20-14-9-5-6-10-15(14)25-17/h5-6,9-13H,3-4,7-8H2,1-2H3,(H,21,23)(H2,19,22,24)/t12-,13-/m0/s1. The molecule has 2 atom stereocenters. The highest BCUT2D eigenvalue weighted by molar-refractivity contribution is 7.80. The Labute approximate surface area is 157 Å². The van der Waals surface area contributed by atoms with E-state index >= 15 is 0 Å². The summed E-state index contributed by atoms with van der Waals surface area (Å²) in [6, 6.07) is 8.38. The first-order valence-electron chi connectivity index (χ1n) is 8.76. The summed E-state index contributed by atoms with van der Waals surface area (Å²) in [5.74, 6) is 0.111. The van der Waals surface area contributed by atoms with Gasteiger partial charge in [-0.05, 0) is 51.0 Å². The van der Waals surface area contributed by atoms with Gasteiger partial charge >= 0.3 is 0 Å². The molecule has 1 aliphatic rings. The normalized spacial score (nSPS) is 20.4. The summed E-state index contributed by atoms with van der Waals surface area (Å²) in [5.41, 5.74) is 6.61. The van der Waals surface area contributed by atoms with Gasteiger partial charge in [0.2, 0.25) is 5.91 Å². The number of hydrazine groups is 1. The summed E-state index contributed by atoms with van der Waals surface area (Å²) in [5, 5.41) is 4.57. The van der Waals surface area contributed by atoms with Crippen LogP contribution >= 0.6 is 23.6 Å². The van der Waals surface area contributed by atoms with Crippen molar-refractivity contribution in [3.63, 3.8) is 0 Å². The van der Waals surface area contributed by atoms with E-state index in [0.717, 1.165) is 36.2 Å². The maximum Gasteiger partial charge on any atom is 0.242 e. The van der Waals surface area contributed by atoms with Gasteiger partial charge in [0.25, 0.3) is 0 Å². The molecular formula is C18H24N4OS2. The Balaban J connectivity index is 1.70. The Hall–Kier alpha value is -1.73. The summed E-state index contributed by atoms with van der Waals surface area (Å²) in [6.07, 6.45) is 4.12. The van der Waals surface area contributed by atoms with E-state index < -0.39 is 0 Å². The van der Waals surface area contributed by atoms with Crippen molar-refractivity contribution in [2.45, 2.75) is 51.5 Å². The fraction of sp³-hybridized carbons (Fsp3) is 0.500. The molecule has 0 saturated heterocycles. The molecule has 1 saturated carbocycles. The third-order valence-corrected chi connectivity index (χ3v) is 5.84. The van der Waals surface area contributed by atoms with E-state index in [-0.39, 0.29) is 23.8 Å². The van der Waals surface area contributed by atoms with Crippen LogP contribution in [0, 0.1) is 5.92 Å². The zero-order chi connectivity index (χ0) is 17.8. The number of rotatable bonds is 3. The van der Waals surface area contributed by atoms with Crippen LogP contribution in [0.25, 0.3) is 10.2 Å². The van der Waals surface area contributed by atoms with E-state index in [0.29, 0.717) is 5.11 Å². The fourth-order valence-electron chi connectivity index (χ4n) is 3.30. The van der Waals surface area contributed by atoms with Gasteiger partial charge in [0.05, 0.1) is 15.2 Å². The molecule has 0 radical (unpaired) electrons. The zero-order valence-electron chi connectivity index (χ0n) is 14.5. The fourth-order valence-corrected chi connectivity index (χ4v) is 4.75. The lowest BCUT2D eigenvalue weighted by Gasteiger charge is -2.29. The van der Waals surface area contributed by atoms with Crippen molar-refractivity contribution in [1.29, 1.82) is 0 Å². The van der Waals surface area contributed by atoms with Gasteiger partial charge in [-0.25, -0.2) is 4.98 Å². The van der Waals surface area contributed by atoms with E-state index in [1.54, 1.807) is 11.3 Å². The number of aromatic nitrogens is 1. The molecule has 134 valence electrons. The minimum absolute atomic E-state index is 0.00291. The van der Waals surface area contributed by atoms with Gasteiger partial charge < -0.3 is 5.32 Å². The smallest absolute Gasteiger partial charge is 0.242 e. The number of fused-ring (bicyclic) bond motifs is 1. The van der Waals surface area contributed by atoms with Crippen LogP contribution in [-0.2, 0) is 4.79 Å². The van der Waals surface area contributed by atoms with E-state index in [1.807, 2.05) is 32.0 Å². The first-order chi connectivity index (χ1) is 12.0. The molecule has 0 aliphatic heterocycles. The molecule has 1 fully saturated rings. The summed E-state index contributed by atoms with van der Waals surface area (Å²) in [6.45, 7) is 4.00. The molecule has 25 heavy (non-hydrogen) atoms. The molecule has 2 aromatic rings. The second-order valence-corrected chi connectivity index (χ2v) is 8.23. The summed E-state index contributed by atoms with van der Waals surface area (Å²) in [7, 11) is 0. The third-order valence-electron chi connectivity index (χ3n) is 4.45. The Kier molecular flexibility index (Phi) is 5.86. The van der Waals surface area contributed by atoms with Crippen molar-refractivity contribution in [3.8, 4) is 0 Å². The molecule has 1 aromatic heterocycles. The number of nitrogens with one attached hydrogen (secondary N) is 3. The van der Waals surface area contributed by atoms with Crippen LogP contribution in [0.4, 0.5) is 0 Å². The molecule has 1 heterocycles. The van der Waals surface area contributed by atoms with Crippen LogP contribution in [0.1, 0.15) is 50.5 Å². The zero-order valence-corrected chi connectivity index (χ0v) is 16.2. The Morgan fingerprint density at radius 1 is 1.24 bits per heavy atom. The average Bonchev–Trinajstić information content (AvgIpc) is 3.03. The highest BCUT2D eigenvalue weighted by Gasteiger charge is 2.34. The predicted octanol–water partition coefficient (Wildman–Crippen LogP) is 3.47. The van der Waals surface area contributed by atoms with Gasteiger partial charge in [0.15, 0.2) is 5.11 Å². The van der Waals surface area contributed by atoms with Crippen molar-refractivity contribution in [2.75, 3.05) is 0 Å². The minimum Gasteiger partial charge on any atom is -0.359 e. The van der Waals surface area contributed by atoms with E-state index in [4.69, 9.17) is 17.2 Å². The van der Waals surface area contributed by atoms with Gasteiger partial charge in [0.1, 0.15) is 0 Å². The second kappa shape index (κ2) is 8.10. The number of para-hydroxylation sites is 1. The lowest BCUT2D eigenvalue weighted by molar-refractivity contribution is -0.127. The molecule has 1 amide bonds. The van der Waals surface area contributed by atoms with Gasteiger partial charge in [-0.3, -0.25) is 15.6 Å². The predicted molar refractivity (Wildman–Crippen MR) is 106 cm³/mol. The van der Waals surface area contributed by atoms with Gasteiger partial charge in [-0.2, -0.15) is 0 Å². The van der Waals surface area contributed by atoms with Crippen LogP contribution in [0.15, 0.2) is 24.3 Å². The number of thiazole rings is 1. The number of hydrogen-bond acceptors (Lipinski definition) is 4. The molecular weight excluding hydrogens is 352 g/mol. The molecule has 0 unspecified atom stereocenters. The number of thiocarbonyl (C=S) groups is 1. The molecule has 1 aliphatic carbocycles. The molecule has 7 heteroatoms. The van der Waals surface area contributed by atoms with Crippen LogP contribution in [0.2, 0.25) is 0 Å². The highest BCUT2D eigenvalue weighted by Crippen LogP contribution is 2.40. The lowest BCUT2D eigenvalue weighted by Crippen LogP contribution is -2.51. The van der Waals surface area contributed by atoms with Crippen molar-refractivity contribution in [1.82, 2.24) is 21.2 Å². The van der Waals surface area contributed by atoms with Crippen molar-refractivity contribution in [2.24, 2.45) is 5.92 Å². The average molecular weight is 377 g/mol. The maximum absolute atomic E-state index is 12.7. The largest absolute Gasteiger partial charge is 0.359 e. The van der Waals surface area contributed by atoms with Crippen LogP contribution in [0.3, 0.4) is 0 Å². The van der Waals surface area contributed by atoms with Crippen molar-refractivity contribution in [3.05, 3.63) is 29.3 Å². The molecule has 0 spiro atoms. The van der Waals surface area contributed by atoms with Gasteiger partial charge in [0, 0.05) is 17.9 Å². The SMILES string of the molecule is CC(C)NC(=S)NNC(=O)[C@H]1CCCC[C@@H]1c1nc2ccccc2s1. The first kappa shape index (κ1) is 18.1. The Morgan fingerprint density at radius 3 is 2.76 bits per heavy atom. The van der Waals surface area contributed by atoms with Crippen LogP contribution < -0.4 is 16.2 Å². The third kappa shape index (κ3) is 4.46. The number of carbonyl (C=O) groups excluding carboxylic acids is 1. The van der Waals surface area contributed by atoms with Gasteiger partial charge in [-0.15, -0.1) is 11.3 Å². The number of nitrogens with zero attached hydrogens (tertiary/aromatic N) is 1.